The maximum atomic E-state index is 5.67. The zero-order valence-electron chi connectivity index (χ0n) is 11.0. The predicted molar refractivity (Wildman–Crippen MR) is 65.9 cm³/mol. The molecule has 3 heteroatoms. The lowest BCUT2D eigenvalue weighted by Gasteiger charge is -2.23. The van der Waals surface area contributed by atoms with Crippen molar-refractivity contribution in [3.05, 3.63) is 46.1 Å². The van der Waals surface area contributed by atoms with Gasteiger partial charge in [0.1, 0.15) is 5.76 Å². The summed E-state index contributed by atoms with van der Waals surface area (Å²) < 4.78 is 16.8. The van der Waals surface area contributed by atoms with Gasteiger partial charge in [-0.25, -0.2) is 0 Å². The van der Waals surface area contributed by atoms with Gasteiger partial charge in [-0.05, 0) is 44.9 Å². The minimum absolute atomic E-state index is 0.361. The molecule has 2 aliphatic heterocycles. The van der Waals surface area contributed by atoms with Gasteiger partial charge in [0.25, 0.3) is 6.29 Å². The van der Waals surface area contributed by atoms with Gasteiger partial charge < -0.3 is 14.2 Å². The number of fused-ring (bicyclic) bond motifs is 1. The van der Waals surface area contributed by atoms with E-state index in [1.165, 1.54) is 5.57 Å². The van der Waals surface area contributed by atoms with Gasteiger partial charge in [-0.2, -0.15) is 0 Å². The first-order chi connectivity index (χ1) is 8.08. The summed E-state index contributed by atoms with van der Waals surface area (Å²) in [7, 11) is 1.66. The topological polar surface area (TPSA) is 27.7 Å². The summed E-state index contributed by atoms with van der Waals surface area (Å²) in [6.45, 7) is 7.93. The first-order valence-electron chi connectivity index (χ1n) is 5.72. The van der Waals surface area contributed by atoms with Gasteiger partial charge in [0.05, 0.1) is 18.4 Å². The van der Waals surface area contributed by atoms with Gasteiger partial charge in [0, 0.05) is 0 Å². The molecule has 2 heterocycles. The fourth-order valence-electron chi connectivity index (χ4n) is 2.12. The molecule has 0 aromatic carbocycles. The van der Waals surface area contributed by atoms with Gasteiger partial charge in [-0.15, -0.1) is 0 Å². The van der Waals surface area contributed by atoms with Gasteiger partial charge in [-0.3, -0.25) is 0 Å². The first-order valence-corrected chi connectivity index (χ1v) is 5.72. The van der Waals surface area contributed by atoms with E-state index in [4.69, 9.17) is 14.2 Å². The number of hydrogen-bond acceptors (Lipinski definition) is 3. The third kappa shape index (κ3) is 1.86. The third-order valence-corrected chi connectivity index (χ3v) is 3.08. The second kappa shape index (κ2) is 4.32. The molecule has 0 amide bonds. The standard InChI is InChI=1S/C14H18O3/c1-6-8(2)11-7-9(3)16-14-12(11)13(15-5)10(4)17-14/h6-7,14H,1-5H3/t14-/m0/s1. The Kier molecular flexibility index (Phi) is 3.01. The molecule has 0 bridgehead atoms. The van der Waals surface area contributed by atoms with Crippen LogP contribution in [0.25, 0.3) is 0 Å². The summed E-state index contributed by atoms with van der Waals surface area (Å²) in [6, 6.07) is 0. The minimum Gasteiger partial charge on any atom is -0.493 e. The summed E-state index contributed by atoms with van der Waals surface area (Å²) in [5, 5.41) is 0. The second-order valence-corrected chi connectivity index (χ2v) is 4.21. The van der Waals surface area contributed by atoms with Crippen molar-refractivity contribution in [3.8, 4) is 0 Å². The molecule has 2 aliphatic rings. The normalized spacial score (nSPS) is 24.2. The van der Waals surface area contributed by atoms with E-state index in [0.29, 0.717) is 0 Å². The molecule has 3 nitrogen and oxygen atoms in total. The van der Waals surface area contributed by atoms with E-state index < -0.39 is 0 Å². The Labute approximate surface area is 102 Å². The lowest BCUT2D eigenvalue weighted by Crippen LogP contribution is -2.19. The van der Waals surface area contributed by atoms with Crippen LogP contribution < -0.4 is 0 Å². The highest BCUT2D eigenvalue weighted by molar-refractivity contribution is 5.53. The van der Waals surface area contributed by atoms with Crippen molar-refractivity contribution < 1.29 is 14.2 Å². The van der Waals surface area contributed by atoms with Crippen LogP contribution in [-0.2, 0) is 14.2 Å². The Morgan fingerprint density at radius 1 is 1.35 bits per heavy atom. The van der Waals surface area contributed by atoms with Gasteiger partial charge in [-0.1, -0.05) is 6.08 Å². The van der Waals surface area contributed by atoms with E-state index in [9.17, 15) is 0 Å². The van der Waals surface area contributed by atoms with Gasteiger partial charge >= 0.3 is 0 Å². The van der Waals surface area contributed by atoms with E-state index in [0.717, 1.165) is 28.4 Å². The fourth-order valence-corrected chi connectivity index (χ4v) is 2.12. The van der Waals surface area contributed by atoms with Crippen LogP contribution in [0.15, 0.2) is 46.1 Å². The summed E-state index contributed by atoms with van der Waals surface area (Å²) in [6.07, 6.45) is 3.75. The molecule has 0 aliphatic carbocycles. The quantitative estimate of drug-likeness (QED) is 0.732. The molecule has 0 spiro atoms. The van der Waals surface area contributed by atoms with Crippen LogP contribution in [-0.4, -0.2) is 13.4 Å². The minimum atomic E-state index is -0.361. The highest BCUT2D eigenvalue weighted by atomic mass is 16.7. The Morgan fingerprint density at radius 2 is 2.06 bits per heavy atom. The molecule has 92 valence electrons. The smallest absolute Gasteiger partial charge is 0.271 e. The van der Waals surface area contributed by atoms with Crippen molar-refractivity contribution in [2.45, 2.75) is 34.0 Å². The SMILES string of the molecule is CC=C(C)C1=C2C(OC)=C(C)O[C@@H]2OC(C)=C1. The highest BCUT2D eigenvalue weighted by Crippen LogP contribution is 2.40. The summed E-state index contributed by atoms with van der Waals surface area (Å²) in [5.74, 6) is 2.42. The van der Waals surface area contributed by atoms with Crippen molar-refractivity contribution >= 4 is 0 Å². The van der Waals surface area contributed by atoms with Gasteiger partial charge in [0.15, 0.2) is 5.76 Å². The van der Waals surface area contributed by atoms with Gasteiger partial charge in [0.2, 0.25) is 0 Å². The molecule has 0 unspecified atom stereocenters. The molecule has 0 radical (unpaired) electrons. The Morgan fingerprint density at radius 3 is 2.65 bits per heavy atom. The average molecular weight is 234 g/mol. The molecule has 2 rings (SSSR count). The molecule has 0 aromatic rings. The molecule has 0 fully saturated rings. The van der Waals surface area contributed by atoms with Crippen molar-refractivity contribution in [2.24, 2.45) is 0 Å². The van der Waals surface area contributed by atoms with Crippen molar-refractivity contribution in [3.63, 3.8) is 0 Å². The Balaban J connectivity index is 2.59. The predicted octanol–water partition coefficient (Wildman–Crippen LogP) is 3.42. The lowest BCUT2D eigenvalue weighted by molar-refractivity contribution is -0.0467. The fraction of sp³-hybridized carbons (Fsp3) is 0.429. The van der Waals surface area contributed by atoms with E-state index in [2.05, 4.69) is 13.0 Å². The first kappa shape index (κ1) is 11.8. The highest BCUT2D eigenvalue weighted by Gasteiger charge is 2.36. The van der Waals surface area contributed by atoms with Crippen molar-refractivity contribution in [1.29, 1.82) is 0 Å². The van der Waals surface area contributed by atoms with Crippen molar-refractivity contribution in [2.75, 3.05) is 7.11 Å². The number of methoxy groups -OCH3 is 1. The monoisotopic (exact) mass is 234 g/mol. The summed E-state index contributed by atoms with van der Waals surface area (Å²) in [4.78, 5) is 0. The zero-order chi connectivity index (χ0) is 12.6. The molecule has 0 saturated heterocycles. The zero-order valence-corrected chi connectivity index (χ0v) is 11.0. The molecule has 0 saturated carbocycles. The molecule has 0 aromatic heterocycles. The van der Waals surface area contributed by atoms with E-state index in [1.807, 2.05) is 26.8 Å². The molecule has 1 atom stereocenters. The van der Waals surface area contributed by atoms with Crippen LogP contribution in [0.1, 0.15) is 27.7 Å². The van der Waals surface area contributed by atoms with Crippen molar-refractivity contribution in [1.82, 2.24) is 0 Å². The van der Waals surface area contributed by atoms with Crippen LogP contribution in [0.2, 0.25) is 0 Å². The molecule has 0 N–H and O–H groups in total. The number of rotatable bonds is 2. The van der Waals surface area contributed by atoms with E-state index >= 15 is 0 Å². The van der Waals surface area contributed by atoms with E-state index in [1.54, 1.807) is 7.11 Å². The number of hydrogen-bond donors (Lipinski definition) is 0. The van der Waals surface area contributed by atoms with Crippen LogP contribution in [0.3, 0.4) is 0 Å². The summed E-state index contributed by atoms with van der Waals surface area (Å²) in [5.41, 5.74) is 3.32. The van der Waals surface area contributed by atoms with Crippen LogP contribution in [0.5, 0.6) is 0 Å². The molecular formula is C14H18O3. The maximum absolute atomic E-state index is 5.67. The number of allylic oxidation sites excluding steroid dienone is 6. The lowest BCUT2D eigenvalue weighted by atomic mass is 9.97. The molecule has 17 heavy (non-hydrogen) atoms. The van der Waals surface area contributed by atoms with Crippen LogP contribution in [0.4, 0.5) is 0 Å². The second-order valence-electron chi connectivity index (χ2n) is 4.21. The van der Waals surface area contributed by atoms with E-state index in [-0.39, 0.29) is 6.29 Å². The van der Waals surface area contributed by atoms with Crippen LogP contribution >= 0.6 is 0 Å². The third-order valence-electron chi connectivity index (χ3n) is 3.08. The molecular weight excluding hydrogens is 216 g/mol. The average Bonchev–Trinajstić information content (AvgIpc) is 2.62. The Hall–Kier alpha value is -1.64. The largest absolute Gasteiger partial charge is 0.493 e. The Bertz CT molecular complexity index is 464. The van der Waals surface area contributed by atoms with Crippen LogP contribution in [0, 0.1) is 0 Å². The number of ether oxygens (including phenoxy) is 3. The summed E-state index contributed by atoms with van der Waals surface area (Å²) >= 11 is 0. The maximum Gasteiger partial charge on any atom is 0.271 e.